The number of piperidine rings is 1. The van der Waals surface area contributed by atoms with Gasteiger partial charge in [0.05, 0.1) is 0 Å². The Balaban J connectivity index is 1.78. The zero-order chi connectivity index (χ0) is 12.2. The fraction of sp³-hybridized carbons (Fsp3) is 0.556. The first-order valence-corrected chi connectivity index (χ1v) is 5.70. The van der Waals surface area contributed by atoms with Crippen molar-refractivity contribution in [2.45, 2.75) is 19.3 Å². The molecule has 0 aromatic carbocycles. The summed E-state index contributed by atoms with van der Waals surface area (Å²) in [4.78, 5) is 2.09. The summed E-state index contributed by atoms with van der Waals surface area (Å²) in [6, 6.07) is 0. The number of nitrogens with zero attached hydrogens (tertiary/aromatic N) is 7. The van der Waals surface area contributed by atoms with Crippen molar-refractivity contribution >= 4 is 17.5 Å². The summed E-state index contributed by atoms with van der Waals surface area (Å²) in [5.74, 6) is 1.25. The van der Waals surface area contributed by atoms with Crippen LogP contribution in [-0.2, 0) is 0 Å². The van der Waals surface area contributed by atoms with Gasteiger partial charge in [-0.15, -0.1) is 10.2 Å². The molecule has 2 aromatic rings. The van der Waals surface area contributed by atoms with Gasteiger partial charge in [0, 0.05) is 13.1 Å². The predicted octanol–water partition coefficient (Wildman–Crippen LogP) is 1.86. The van der Waals surface area contributed by atoms with Gasteiger partial charge in [0.1, 0.15) is 6.20 Å². The van der Waals surface area contributed by atoms with E-state index in [2.05, 4.69) is 40.4 Å². The average Bonchev–Trinajstić information content (AvgIpc) is 3.09. The Hall–Kier alpha value is -2.32. The first-order valence-electron chi connectivity index (χ1n) is 5.70. The second kappa shape index (κ2) is 4.90. The lowest BCUT2D eigenvalue weighted by molar-refractivity contribution is 0.307. The highest BCUT2D eigenvalue weighted by atomic mass is 16.6. The number of rotatable bonds is 3. The molecule has 0 amide bonds. The van der Waals surface area contributed by atoms with E-state index in [-0.39, 0.29) is 5.82 Å². The van der Waals surface area contributed by atoms with Gasteiger partial charge >= 0.3 is 0 Å². The minimum absolute atomic E-state index is 0.280. The van der Waals surface area contributed by atoms with Crippen molar-refractivity contribution in [2.24, 2.45) is 10.2 Å². The van der Waals surface area contributed by atoms with E-state index in [1.165, 1.54) is 12.6 Å². The molecule has 0 N–H and O–H groups in total. The Morgan fingerprint density at radius 1 is 1.00 bits per heavy atom. The van der Waals surface area contributed by atoms with E-state index in [9.17, 15) is 0 Å². The van der Waals surface area contributed by atoms with Gasteiger partial charge in [-0.3, -0.25) is 0 Å². The Labute approximate surface area is 102 Å². The second-order valence-electron chi connectivity index (χ2n) is 3.92. The monoisotopic (exact) mass is 249 g/mol. The minimum Gasteiger partial charge on any atom is -0.351 e. The lowest BCUT2D eigenvalue weighted by Crippen LogP contribution is -2.29. The van der Waals surface area contributed by atoms with Gasteiger partial charge in [-0.1, -0.05) is 5.16 Å². The minimum atomic E-state index is 0.280. The van der Waals surface area contributed by atoms with E-state index in [4.69, 9.17) is 4.63 Å². The fourth-order valence-electron chi connectivity index (χ4n) is 1.85. The largest absolute Gasteiger partial charge is 0.351 e. The average molecular weight is 249 g/mol. The van der Waals surface area contributed by atoms with Crippen LogP contribution in [0.2, 0.25) is 0 Å². The van der Waals surface area contributed by atoms with Crippen LogP contribution < -0.4 is 4.90 Å². The van der Waals surface area contributed by atoms with Crippen LogP contribution in [0.25, 0.3) is 0 Å². The Morgan fingerprint density at radius 2 is 1.89 bits per heavy atom. The van der Waals surface area contributed by atoms with Crippen molar-refractivity contribution in [3.05, 3.63) is 6.20 Å². The number of hydrogen-bond donors (Lipinski definition) is 0. The van der Waals surface area contributed by atoms with Crippen LogP contribution in [0, 0.1) is 0 Å². The SMILES string of the molecule is c1nonc1N=Nc1nonc1N1CCCCC1. The lowest BCUT2D eigenvalue weighted by atomic mass is 10.1. The van der Waals surface area contributed by atoms with E-state index >= 15 is 0 Å². The lowest BCUT2D eigenvalue weighted by Gasteiger charge is -2.25. The zero-order valence-electron chi connectivity index (χ0n) is 9.56. The third kappa shape index (κ3) is 2.19. The van der Waals surface area contributed by atoms with E-state index in [1.807, 2.05) is 0 Å². The molecule has 1 aliphatic rings. The van der Waals surface area contributed by atoms with Crippen molar-refractivity contribution < 1.29 is 9.26 Å². The third-order valence-corrected chi connectivity index (χ3v) is 2.71. The zero-order valence-corrected chi connectivity index (χ0v) is 9.56. The molecule has 0 unspecified atom stereocenters. The Kier molecular flexibility index (Phi) is 2.94. The summed E-state index contributed by atoms with van der Waals surface area (Å²) in [5.41, 5.74) is 0. The molecule has 0 saturated carbocycles. The molecule has 0 spiro atoms. The molecule has 94 valence electrons. The molecule has 3 heterocycles. The molecular weight excluding hydrogens is 238 g/mol. The molecule has 9 heteroatoms. The molecule has 2 aromatic heterocycles. The smallest absolute Gasteiger partial charge is 0.261 e. The maximum atomic E-state index is 4.71. The molecule has 3 rings (SSSR count). The Morgan fingerprint density at radius 3 is 2.67 bits per heavy atom. The number of aromatic nitrogens is 4. The van der Waals surface area contributed by atoms with Gasteiger partial charge in [0.2, 0.25) is 11.6 Å². The molecule has 1 saturated heterocycles. The van der Waals surface area contributed by atoms with E-state index in [0.717, 1.165) is 25.9 Å². The fourth-order valence-corrected chi connectivity index (χ4v) is 1.85. The summed E-state index contributed by atoms with van der Waals surface area (Å²) < 4.78 is 9.12. The van der Waals surface area contributed by atoms with Crippen LogP contribution in [0.15, 0.2) is 25.7 Å². The summed E-state index contributed by atoms with van der Waals surface area (Å²) in [5, 5.41) is 22.3. The van der Waals surface area contributed by atoms with Crippen molar-refractivity contribution in [1.82, 2.24) is 20.6 Å². The number of hydrogen-bond acceptors (Lipinski definition) is 9. The molecule has 9 nitrogen and oxygen atoms in total. The first-order chi connectivity index (χ1) is 8.93. The highest BCUT2D eigenvalue weighted by Gasteiger charge is 2.19. The van der Waals surface area contributed by atoms with Gasteiger partial charge in [0.25, 0.3) is 5.82 Å². The van der Waals surface area contributed by atoms with Crippen LogP contribution in [0.1, 0.15) is 19.3 Å². The van der Waals surface area contributed by atoms with E-state index < -0.39 is 0 Å². The van der Waals surface area contributed by atoms with Crippen LogP contribution in [0.3, 0.4) is 0 Å². The summed E-state index contributed by atoms with van der Waals surface area (Å²) in [6.07, 6.45) is 4.87. The molecule has 0 atom stereocenters. The predicted molar refractivity (Wildman–Crippen MR) is 58.8 cm³/mol. The quantitative estimate of drug-likeness (QED) is 0.764. The maximum absolute atomic E-state index is 4.71. The summed E-state index contributed by atoms with van der Waals surface area (Å²) in [6.45, 7) is 1.87. The van der Waals surface area contributed by atoms with Gasteiger partial charge in [-0.2, -0.15) is 0 Å². The first kappa shape index (κ1) is 10.8. The van der Waals surface area contributed by atoms with Crippen LogP contribution in [0.5, 0.6) is 0 Å². The van der Waals surface area contributed by atoms with Gasteiger partial charge < -0.3 is 4.90 Å². The molecule has 0 radical (unpaired) electrons. The standard InChI is InChI=1S/C9H11N7O2/c1-2-4-16(5-3-1)9-8(14-18-15-9)12-11-7-6-10-17-13-7/h6H,1-5H2. The van der Waals surface area contributed by atoms with Gasteiger partial charge in [0.15, 0.2) is 0 Å². The second-order valence-corrected chi connectivity index (χ2v) is 3.92. The normalized spacial score (nSPS) is 16.6. The van der Waals surface area contributed by atoms with Crippen LogP contribution in [-0.4, -0.2) is 33.7 Å². The molecule has 0 aliphatic carbocycles. The number of azo groups is 1. The van der Waals surface area contributed by atoms with Gasteiger partial charge in [-0.05, 0) is 34.7 Å². The number of anilines is 1. The van der Waals surface area contributed by atoms with Crippen LogP contribution in [0.4, 0.5) is 17.5 Å². The molecule has 1 aliphatic heterocycles. The highest BCUT2D eigenvalue weighted by Crippen LogP contribution is 2.27. The highest BCUT2D eigenvalue weighted by molar-refractivity contribution is 5.55. The van der Waals surface area contributed by atoms with Crippen molar-refractivity contribution in [3.63, 3.8) is 0 Å². The molecule has 0 bridgehead atoms. The summed E-state index contributed by atoms with van der Waals surface area (Å²) in [7, 11) is 0. The molecule has 1 fully saturated rings. The van der Waals surface area contributed by atoms with Crippen molar-refractivity contribution in [2.75, 3.05) is 18.0 Å². The maximum Gasteiger partial charge on any atom is 0.261 e. The molecular formula is C9H11N7O2. The topological polar surface area (TPSA) is 106 Å². The van der Waals surface area contributed by atoms with Crippen molar-refractivity contribution in [1.29, 1.82) is 0 Å². The van der Waals surface area contributed by atoms with E-state index in [1.54, 1.807) is 0 Å². The Bertz CT molecular complexity index is 515. The van der Waals surface area contributed by atoms with E-state index in [0.29, 0.717) is 11.6 Å². The van der Waals surface area contributed by atoms with Gasteiger partial charge in [-0.25, -0.2) is 9.26 Å². The summed E-state index contributed by atoms with van der Waals surface area (Å²) >= 11 is 0. The van der Waals surface area contributed by atoms with Crippen molar-refractivity contribution in [3.8, 4) is 0 Å². The third-order valence-electron chi connectivity index (χ3n) is 2.71. The molecule has 18 heavy (non-hydrogen) atoms. The van der Waals surface area contributed by atoms with Crippen LogP contribution >= 0.6 is 0 Å².